The molecule has 2 heterocycles. The van der Waals surface area contributed by atoms with Gasteiger partial charge in [0.05, 0.1) is 7.11 Å². The molecule has 0 fully saturated rings. The highest BCUT2D eigenvalue weighted by Gasteiger charge is 2.17. The topological polar surface area (TPSA) is 47.0 Å². The Bertz CT molecular complexity index is 1210. The minimum absolute atomic E-state index is 0.0836. The molecule has 0 aliphatic carbocycles. The summed E-state index contributed by atoms with van der Waals surface area (Å²) in [7, 11) is 1.63. The lowest BCUT2D eigenvalue weighted by atomic mass is 9.87. The molecule has 0 radical (unpaired) electrons. The van der Waals surface area contributed by atoms with Crippen LogP contribution in [0.4, 0.5) is 11.5 Å². The third kappa shape index (κ3) is 4.72. The van der Waals surface area contributed by atoms with Crippen molar-refractivity contribution >= 4 is 38.2 Å². The minimum atomic E-state index is 0.0836. The molecular formula is C26H26BrN3O. The monoisotopic (exact) mass is 475 g/mol. The van der Waals surface area contributed by atoms with Crippen molar-refractivity contribution in [2.75, 3.05) is 12.4 Å². The molecule has 31 heavy (non-hydrogen) atoms. The smallest absolute Gasteiger partial charge is 0.212 e. The summed E-state index contributed by atoms with van der Waals surface area (Å²) in [5, 5.41) is 5.78. The maximum atomic E-state index is 5.16. The Balaban J connectivity index is 1.66. The lowest BCUT2D eigenvalue weighted by molar-refractivity contribution is 0.397. The SMILES string of the molecule is COc1ccc(Cc2cnc(Nc3ccc(C(C)(C)C)c(Br)c3)c3ccccc23)cn1. The van der Waals surface area contributed by atoms with Crippen LogP contribution in [0, 0.1) is 0 Å². The van der Waals surface area contributed by atoms with Gasteiger partial charge >= 0.3 is 0 Å². The maximum Gasteiger partial charge on any atom is 0.212 e. The normalized spacial score (nSPS) is 11.5. The van der Waals surface area contributed by atoms with Crippen molar-refractivity contribution in [2.45, 2.75) is 32.6 Å². The second-order valence-corrected chi connectivity index (χ2v) is 9.49. The van der Waals surface area contributed by atoms with E-state index in [4.69, 9.17) is 9.72 Å². The predicted octanol–water partition coefficient (Wildman–Crippen LogP) is 7.03. The van der Waals surface area contributed by atoms with E-state index >= 15 is 0 Å². The number of hydrogen-bond acceptors (Lipinski definition) is 4. The second-order valence-electron chi connectivity index (χ2n) is 8.63. The molecule has 0 spiro atoms. The van der Waals surface area contributed by atoms with E-state index in [1.165, 1.54) is 10.9 Å². The number of methoxy groups -OCH3 is 1. The number of ether oxygens (including phenoxy) is 1. The van der Waals surface area contributed by atoms with Crippen LogP contribution in [0.15, 0.2) is 71.5 Å². The summed E-state index contributed by atoms with van der Waals surface area (Å²) >= 11 is 3.73. The molecule has 1 N–H and O–H groups in total. The first-order valence-electron chi connectivity index (χ1n) is 10.3. The van der Waals surface area contributed by atoms with Crippen molar-refractivity contribution < 1.29 is 4.74 Å². The summed E-state index contributed by atoms with van der Waals surface area (Å²) < 4.78 is 6.26. The average molecular weight is 476 g/mol. The third-order valence-electron chi connectivity index (χ3n) is 5.32. The quantitative estimate of drug-likeness (QED) is 0.336. The van der Waals surface area contributed by atoms with Gasteiger partial charge in [-0.05, 0) is 39.6 Å². The van der Waals surface area contributed by atoms with Crippen molar-refractivity contribution in [2.24, 2.45) is 0 Å². The molecule has 2 aromatic carbocycles. The van der Waals surface area contributed by atoms with Gasteiger partial charge in [0.15, 0.2) is 0 Å². The maximum absolute atomic E-state index is 5.16. The Labute approximate surface area is 191 Å². The molecule has 0 unspecified atom stereocenters. The number of nitrogens with one attached hydrogen (secondary N) is 1. The van der Waals surface area contributed by atoms with Crippen LogP contribution in [0.2, 0.25) is 0 Å². The minimum Gasteiger partial charge on any atom is -0.481 e. The number of pyridine rings is 2. The molecular weight excluding hydrogens is 450 g/mol. The van der Waals surface area contributed by atoms with E-state index in [9.17, 15) is 0 Å². The zero-order valence-corrected chi connectivity index (χ0v) is 19.8. The van der Waals surface area contributed by atoms with Gasteiger partial charge in [-0.25, -0.2) is 9.97 Å². The van der Waals surface area contributed by atoms with Gasteiger partial charge in [0.25, 0.3) is 0 Å². The standard InChI is InChI=1S/C26H26BrN3O/c1-26(2,3)22-11-10-19(14-23(22)27)30-25-21-8-6-5-7-20(21)18(16-29-25)13-17-9-12-24(31-4)28-15-17/h5-12,14-16H,13H2,1-4H3,(H,29,30). The van der Waals surface area contributed by atoms with E-state index in [1.54, 1.807) is 7.11 Å². The molecule has 2 aromatic heterocycles. The number of aromatic nitrogens is 2. The van der Waals surface area contributed by atoms with Gasteiger partial charge in [0, 0.05) is 40.4 Å². The van der Waals surface area contributed by atoms with Crippen LogP contribution in [0.3, 0.4) is 0 Å². The summed E-state index contributed by atoms with van der Waals surface area (Å²) in [6, 6.07) is 18.7. The Kier molecular flexibility index (Phi) is 5.96. The van der Waals surface area contributed by atoms with Gasteiger partial charge in [0.2, 0.25) is 5.88 Å². The predicted molar refractivity (Wildman–Crippen MR) is 131 cm³/mol. The largest absolute Gasteiger partial charge is 0.481 e. The number of fused-ring (bicyclic) bond motifs is 1. The molecule has 0 aliphatic heterocycles. The first-order chi connectivity index (χ1) is 14.8. The van der Waals surface area contributed by atoms with Gasteiger partial charge in [-0.3, -0.25) is 0 Å². The van der Waals surface area contributed by atoms with Crippen LogP contribution in [0.25, 0.3) is 10.8 Å². The molecule has 0 aliphatic rings. The van der Waals surface area contributed by atoms with E-state index in [2.05, 4.69) is 83.4 Å². The van der Waals surface area contributed by atoms with Crippen molar-refractivity contribution in [1.29, 1.82) is 0 Å². The van der Waals surface area contributed by atoms with E-state index in [-0.39, 0.29) is 5.41 Å². The number of halogens is 1. The summed E-state index contributed by atoms with van der Waals surface area (Å²) in [4.78, 5) is 9.08. The average Bonchev–Trinajstić information content (AvgIpc) is 2.75. The number of nitrogens with zero attached hydrogens (tertiary/aromatic N) is 2. The van der Waals surface area contributed by atoms with E-state index < -0.39 is 0 Å². The number of benzene rings is 2. The van der Waals surface area contributed by atoms with Crippen LogP contribution in [-0.4, -0.2) is 17.1 Å². The van der Waals surface area contributed by atoms with Gasteiger partial charge in [-0.15, -0.1) is 0 Å². The lowest BCUT2D eigenvalue weighted by Crippen LogP contribution is -2.12. The van der Waals surface area contributed by atoms with Crippen LogP contribution < -0.4 is 10.1 Å². The molecule has 0 bridgehead atoms. The van der Waals surface area contributed by atoms with Crippen molar-refractivity contribution in [3.05, 3.63) is 88.2 Å². The highest BCUT2D eigenvalue weighted by atomic mass is 79.9. The molecule has 4 nitrogen and oxygen atoms in total. The first kappa shape index (κ1) is 21.3. The zero-order valence-electron chi connectivity index (χ0n) is 18.2. The summed E-state index contributed by atoms with van der Waals surface area (Å²) in [6.45, 7) is 6.64. The van der Waals surface area contributed by atoms with Gasteiger partial charge in [-0.1, -0.05) is 73.1 Å². The fourth-order valence-electron chi connectivity index (χ4n) is 3.69. The Morgan fingerprint density at radius 3 is 2.35 bits per heavy atom. The first-order valence-corrected chi connectivity index (χ1v) is 11.1. The molecule has 4 rings (SSSR count). The van der Waals surface area contributed by atoms with Crippen molar-refractivity contribution in [3.8, 4) is 5.88 Å². The van der Waals surface area contributed by atoms with Crippen LogP contribution >= 0.6 is 15.9 Å². The number of anilines is 2. The molecule has 0 saturated carbocycles. The Morgan fingerprint density at radius 1 is 0.935 bits per heavy atom. The summed E-state index contributed by atoms with van der Waals surface area (Å²) in [6.07, 6.45) is 4.57. The highest BCUT2D eigenvalue weighted by Crippen LogP contribution is 2.34. The lowest BCUT2D eigenvalue weighted by Gasteiger charge is -2.21. The fourth-order valence-corrected chi connectivity index (χ4v) is 4.66. The van der Waals surface area contributed by atoms with Gasteiger partial charge in [-0.2, -0.15) is 0 Å². The number of rotatable bonds is 5. The van der Waals surface area contributed by atoms with E-state index in [0.717, 1.165) is 38.9 Å². The highest BCUT2D eigenvalue weighted by molar-refractivity contribution is 9.10. The number of hydrogen-bond donors (Lipinski definition) is 1. The second kappa shape index (κ2) is 8.67. The molecule has 0 amide bonds. The third-order valence-corrected chi connectivity index (χ3v) is 5.97. The zero-order chi connectivity index (χ0) is 22.0. The molecule has 4 aromatic rings. The van der Waals surface area contributed by atoms with Gasteiger partial charge < -0.3 is 10.1 Å². The van der Waals surface area contributed by atoms with Gasteiger partial charge in [0.1, 0.15) is 5.82 Å². The molecule has 0 atom stereocenters. The summed E-state index contributed by atoms with van der Waals surface area (Å²) in [5.41, 5.74) is 4.65. The molecule has 0 saturated heterocycles. The molecule has 5 heteroatoms. The van der Waals surface area contributed by atoms with Crippen LogP contribution in [0.1, 0.15) is 37.5 Å². The van der Waals surface area contributed by atoms with E-state index in [1.807, 2.05) is 30.6 Å². The Hall–Kier alpha value is -2.92. The van der Waals surface area contributed by atoms with Crippen LogP contribution in [-0.2, 0) is 11.8 Å². The van der Waals surface area contributed by atoms with Crippen LogP contribution in [0.5, 0.6) is 5.88 Å². The summed E-state index contributed by atoms with van der Waals surface area (Å²) in [5.74, 6) is 1.47. The van der Waals surface area contributed by atoms with Crippen molar-refractivity contribution in [3.63, 3.8) is 0 Å². The Morgan fingerprint density at radius 2 is 1.71 bits per heavy atom. The van der Waals surface area contributed by atoms with Crippen molar-refractivity contribution in [1.82, 2.24) is 9.97 Å². The molecule has 158 valence electrons. The fraction of sp³-hybridized carbons (Fsp3) is 0.231. The van der Waals surface area contributed by atoms with E-state index in [0.29, 0.717) is 5.88 Å².